The molecule has 2 heteroatoms. The van der Waals surface area contributed by atoms with Gasteiger partial charge < -0.3 is 9.80 Å². The van der Waals surface area contributed by atoms with Crippen LogP contribution in [0.25, 0.3) is 0 Å². The fourth-order valence-electron chi connectivity index (χ4n) is 3.77. The standard InChI is InChI=1S/C17H22N2/c1-5-17(6-2)13(3)16-18(4)11-12-19(16)15-10-8-7-9-14(15)17/h7-12,16H,3,5-6H2,1-2,4H3. The molecule has 2 aliphatic heterocycles. The van der Waals surface area contributed by atoms with E-state index in [-0.39, 0.29) is 11.6 Å². The zero-order valence-corrected chi connectivity index (χ0v) is 12.1. The molecule has 1 atom stereocenters. The van der Waals surface area contributed by atoms with Gasteiger partial charge >= 0.3 is 0 Å². The van der Waals surface area contributed by atoms with Crippen molar-refractivity contribution >= 4 is 5.69 Å². The summed E-state index contributed by atoms with van der Waals surface area (Å²) in [6.45, 7) is 9.04. The summed E-state index contributed by atoms with van der Waals surface area (Å²) in [6.07, 6.45) is 6.81. The molecule has 0 N–H and O–H groups in total. The van der Waals surface area contributed by atoms with E-state index in [0.717, 1.165) is 12.8 Å². The molecule has 1 aromatic rings. The van der Waals surface area contributed by atoms with Crippen molar-refractivity contribution in [3.8, 4) is 0 Å². The smallest absolute Gasteiger partial charge is 0.128 e. The highest BCUT2D eigenvalue weighted by Gasteiger charge is 2.46. The average molecular weight is 254 g/mol. The summed E-state index contributed by atoms with van der Waals surface area (Å²) >= 11 is 0. The van der Waals surface area contributed by atoms with Gasteiger partial charge in [0.15, 0.2) is 0 Å². The third-order valence-corrected chi connectivity index (χ3v) is 4.94. The van der Waals surface area contributed by atoms with Crippen LogP contribution in [0.1, 0.15) is 32.3 Å². The van der Waals surface area contributed by atoms with E-state index >= 15 is 0 Å². The Balaban J connectivity index is 2.25. The van der Waals surface area contributed by atoms with Gasteiger partial charge in [0, 0.05) is 30.5 Å². The number of fused-ring (bicyclic) bond motifs is 3. The van der Waals surface area contributed by atoms with Crippen LogP contribution in [0.4, 0.5) is 5.69 Å². The van der Waals surface area contributed by atoms with Gasteiger partial charge in [0.25, 0.3) is 0 Å². The number of hydrogen-bond donors (Lipinski definition) is 0. The van der Waals surface area contributed by atoms with Crippen molar-refractivity contribution < 1.29 is 0 Å². The van der Waals surface area contributed by atoms with Gasteiger partial charge in [-0.2, -0.15) is 0 Å². The summed E-state index contributed by atoms with van der Waals surface area (Å²) < 4.78 is 0. The molecule has 0 bridgehead atoms. The van der Waals surface area contributed by atoms with Crippen molar-refractivity contribution in [2.75, 3.05) is 11.9 Å². The molecule has 2 aliphatic rings. The molecule has 2 heterocycles. The molecule has 1 aromatic carbocycles. The SMILES string of the molecule is C=C1C2N(C)C=CN2c2ccccc2C1(CC)CC. The first-order valence-electron chi connectivity index (χ1n) is 7.13. The minimum absolute atomic E-state index is 0.109. The first kappa shape index (κ1) is 12.3. The predicted octanol–water partition coefficient (Wildman–Crippen LogP) is 3.86. The number of benzene rings is 1. The third-order valence-electron chi connectivity index (χ3n) is 4.94. The number of rotatable bonds is 2. The average Bonchev–Trinajstić information content (AvgIpc) is 2.83. The van der Waals surface area contributed by atoms with Gasteiger partial charge in [-0.25, -0.2) is 0 Å². The molecule has 0 saturated heterocycles. The molecule has 100 valence electrons. The van der Waals surface area contributed by atoms with E-state index in [1.54, 1.807) is 0 Å². The second kappa shape index (κ2) is 4.16. The lowest BCUT2D eigenvalue weighted by molar-refractivity contribution is 0.323. The molecule has 0 radical (unpaired) electrons. The molecule has 3 rings (SSSR count). The van der Waals surface area contributed by atoms with Crippen molar-refractivity contribution in [2.24, 2.45) is 0 Å². The fourth-order valence-corrected chi connectivity index (χ4v) is 3.77. The van der Waals surface area contributed by atoms with Gasteiger partial charge in [-0.1, -0.05) is 38.6 Å². The molecular weight excluding hydrogens is 232 g/mol. The molecule has 0 fully saturated rings. The summed E-state index contributed by atoms with van der Waals surface area (Å²) in [5.74, 6) is 0. The van der Waals surface area contributed by atoms with Crippen molar-refractivity contribution in [2.45, 2.75) is 38.3 Å². The first-order valence-corrected chi connectivity index (χ1v) is 7.13. The molecule has 0 aromatic heterocycles. The van der Waals surface area contributed by atoms with E-state index in [1.807, 2.05) is 0 Å². The molecule has 0 saturated carbocycles. The Morgan fingerprint density at radius 2 is 1.84 bits per heavy atom. The maximum absolute atomic E-state index is 4.48. The molecule has 1 unspecified atom stereocenters. The van der Waals surface area contributed by atoms with Gasteiger partial charge in [-0.05, 0) is 30.0 Å². The molecule has 19 heavy (non-hydrogen) atoms. The van der Waals surface area contributed by atoms with Crippen LogP contribution in [0.2, 0.25) is 0 Å². The van der Waals surface area contributed by atoms with Crippen LogP contribution in [0, 0.1) is 0 Å². The van der Waals surface area contributed by atoms with Gasteiger partial charge in [0.1, 0.15) is 6.17 Å². The van der Waals surface area contributed by atoms with Crippen molar-refractivity contribution in [3.05, 3.63) is 54.4 Å². The van der Waals surface area contributed by atoms with Crippen molar-refractivity contribution in [3.63, 3.8) is 0 Å². The largest absolute Gasteiger partial charge is 0.355 e. The highest BCUT2D eigenvalue weighted by atomic mass is 15.4. The number of likely N-dealkylation sites (N-methyl/N-ethyl adjacent to an activating group) is 1. The monoisotopic (exact) mass is 254 g/mol. The van der Waals surface area contributed by atoms with Crippen LogP contribution in [-0.2, 0) is 5.41 Å². The van der Waals surface area contributed by atoms with Gasteiger partial charge in [-0.3, -0.25) is 0 Å². The van der Waals surface area contributed by atoms with Gasteiger partial charge in [-0.15, -0.1) is 0 Å². The lowest BCUT2D eigenvalue weighted by atomic mass is 9.66. The zero-order chi connectivity index (χ0) is 13.6. The number of anilines is 1. The Morgan fingerprint density at radius 3 is 2.53 bits per heavy atom. The topological polar surface area (TPSA) is 6.48 Å². The third kappa shape index (κ3) is 1.43. The lowest BCUT2D eigenvalue weighted by Crippen LogP contribution is -2.49. The van der Waals surface area contributed by atoms with Crippen LogP contribution >= 0.6 is 0 Å². The Hall–Kier alpha value is -1.70. The lowest BCUT2D eigenvalue weighted by Gasteiger charge is -2.48. The minimum Gasteiger partial charge on any atom is -0.355 e. The van der Waals surface area contributed by atoms with Crippen LogP contribution in [-0.4, -0.2) is 18.1 Å². The van der Waals surface area contributed by atoms with E-state index in [0.29, 0.717) is 0 Å². The highest BCUT2D eigenvalue weighted by molar-refractivity contribution is 5.68. The van der Waals surface area contributed by atoms with E-state index in [4.69, 9.17) is 0 Å². The summed E-state index contributed by atoms with van der Waals surface area (Å²) in [6, 6.07) is 8.79. The Labute approximate surface area is 116 Å². The molecule has 2 nitrogen and oxygen atoms in total. The minimum atomic E-state index is 0.109. The van der Waals surface area contributed by atoms with E-state index in [1.165, 1.54) is 16.8 Å². The zero-order valence-electron chi connectivity index (χ0n) is 12.1. The molecule has 0 aliphatic carbocycles. The molecular formula is C17H22N2. The maximum Gasteiger partial charge on any atom is 0.128 e. The number of para-hydroxylation sites is 1. The molecule has 0 amide bonds. The maximum atomic E-state index is 4.48. The van der Waals surface area contributed by atoms with E-state index in [2.05, 4.69) is 73.9 Å². The fraction of sp³-hybridized carbons (Fsp3) is 0.412. The highest BCUT2D eigenvalue weighted by Crippen LogP contribution is 2.51. The van der Waals surface area contributed by atoms with Gasteiger partial charge in [0.05, 0.1) is 0 Å². The van der Waals surface area contributed by atoms with Crippen LogP contribution in [0.5, 0.6) is 0 Å². The number of nitrogens with zero attached hydrogens (tertiary/aromatic N) is 2. The quantitative estimate of drug-likeness (QED) is 0.739. The van der Waals surface area contributed by atoms with E-state index < -0.39 is 0 Å². The van der Waals surface area contributed by atoms with Gasteiger partial charge in [0.2, 0.25) is 0 Å². The summed E-state index contributed by atoms with van der Waals surface area (Å²) in [5, 5.41) is 0. The number of hydrogen-bond acceptors (Lipinski definition) is 2. The van der Waals surface area contributed by atoms with Crippen molar-refractivity contribution in [1.82, 2.24) is 4.90 Å². The Bertz CT molecular complexity index is 540. The summed E-state index contributed by atoms with van der Waals surface area (Å²) in [5.41, 5.74) is 4.20. The second-order valence-electron chi connectivity index (χ2n) is 5.58. The summed E-state index contributed by atoms with van der Waals surface area (Å²) in [4.78, 5) is 4.61. The Kier molecular flexibility index (Phi) is 2.70. The van der Waals surface area contributed by atoms with Crippen molar-refractivity contribution in [1.29, 1.82) is 0 Å². The first-order chi connectivity index (χ1) is 9.15. The predicted molar refractivity (Wildman–Crippen MR) is 81.0 cm³/mol. The van der Waals surface area contributed by atoms with E-state index in [9.17, 15) is 0 Å². The normalized spacial score (nSPS) is 23.5. The molecule has 0 spiro atoms. The van der Waals surface area contributed by atoms with Crippen LogP contribution < -0.4 is 4.90 Å². The second-order valence-corrected chi connectivity index (χ2v) is 5.58. The van der Waals surface area contributed by atoms with Crippen LogP contribution in [0.3, 0.4) is 0 Å². The summed E-state index contributed by atoms with van der Waals surface area (Å²) in [7, 11) is 2.14. The Morgan fingerprint density at radius 1 is 1.16 bits per heavy atom. The van der Waals surface area contributed by atoms with Crippen LogP contribution in [0.15, 0.2) is 48.8 Å².